The number of alkyl halides is 5. The highest BCUT2D eigenvalue weighted by Crippen LogP contribution is 2.70. The van der Waals surface area contributed by atoms with Gasteiger partial charge in [0.15, 0.2) is 5.78 Å². The average molecular weight is 637 g/mol. The first kappa shape index (κ1) is 31.9. The maximum atomic E-state index is 15.2. The summed E-state index contributed by atoms with van der Waals surface area (Å²) in [5.41, 5.74) is 0.205. The molecule has 4 nitrogen and oxygen atoms in total. The van der Waals surface area contributed by atoms with Crippen LogP contribution in [-0.2, 0) is 4.79 Å². The van der Waals surface area contributed by atoms with Gasteiger partial charge in [0.2, 0.25) is 0 Å². The number of aliphatic hydroxyl groups is 1. The van der Waals surface area contributed by atoms with Crippen molar-refractivity contribution in [3.63, 3.8) is 0 Å². The van der Waals surface area contributed by atoms with Gasteiger partial charge in [-0.15, -0.1) is 0 Å². The second-order valence-corrected chi connectivity index (χ2v) is 13.1. The molecule has 2 aromatic rings. The molecule has 0 spiro atoms. The molecule has 0 radical (unpaired) electrons. The zero-order chi connectivity index (χ0) is 33.1. The second-order valence-electron chi connectivity index (χ2n) is 13.1. The molecule has 2 N–H and O–H groups in total. The maximum Gasteiger partial charge on any atom is 0.456 e. The molecule has 0 heterocycles. The zero-order valence-corrected chi connectivity index (χ0v) is 25.1. The van der Waals surface area contributed by atoms with Gasteiger partial charge in [0.05, 0.1) is 5.56 Å². The summed E-state index contributed by atoms with van der Waals surface area (Å²) in [5, 5.41) is 20.6. The number of carboxylic acid groups (broad SMARTS) is 1. The van der Waals surface area contributed by atoms with Crippen LogP contribution < -0.4 is 0 Å². The Morgan fingerprint density at radius 1 is 1.02 bits per heavy atom. The molecule has 2 fully saturated rings. The number of fused-ring (bicyclic) bond motifs is 4. The van der Waals surface area contributed by atoms with E-state index in [-0.39, 0.29) is 30.1 Å². The van der Waals surface area contributed by atoms with Crippen LogP contribution in [0.5, 0.6) is 0 Å². The zero-order valence-electron chi connectivity index (χ0n) is 25.1. The van der Waals surface area contributed by atoms with E-state index in [1.165, 1.54) is 19.1 Å². The minimum absolute atomic E-state index is 0.0293. The van der Waals surface area contributed by atoms with Gasteiger partial charge < -0.3 is 10.2 Å². The lowest BCUT2D eigenvalue weighted by atomic mass is 9.50. The lowest BCUT2D eigenvalue weighted by Crippen LogP contribution is -2.65. The molecule has 0 aliphatic heterocycles. The normalized spacial score (nSPS) is 29.4. The molecule has 0 saturated heterocycles. The van der Waals surface area contributed by atoms with Crippen molar-refractivity contribution in [2.24, 2.45) is 17.3 Å². The Labute approximate surface area is 263 Å². The van der Waals surface area contributed by atoms with Crippen LogP contribution in [0.2, 0.25) is 0 Å². The number of hydrogen-bond acceptors (Lipinski definition) is 3. The van der Waals surface area contributed by atoms with Crippen molar-refractivity contribution in [1.82, 2.24) is 0 Å². The van der Waals surface area contributed by atoms with Crippen LogP contribution in [0, 0.1) is 29.1 Å². The number of hydrogen-bond donors (Lipinski definition) is 2. The number of rotatable bonds is 4. The Kier molecular flexibility index (Phi) is 7.87. The number of carbonyl (C=O) groups is 2. The summed E-state index contributed by atoms with van der Waals surface area (Å²) in [6.45, 7) is 1.41. The maximum absolute atomic E-state index is 15.2. The predicted molar refractivity (Wildman–Crippen MR) is 162 cm³/mol. The Hall–Kier alpha value is -4.03. The monoisotopic (exact) mass is 636 g/mol. The molecular formula is C37H33F5O4. The molecule has 4 aliphatic carbocycles. The van der Waals surface area contributed by atoms with Crippen molar-refractivity contribution in [3.05, 3.63) is 99.7 Å². The largest absolute Gasteiger partial charge is 0.478 e. The van der Waals surface area contributed by atoms with E-state index in [9.17, 15) is 27.9 Å². The number of carboxylic acids is 1. The predicted octanol–water partition coefficient (Wildman–Crippen LogP) is 8.28. The topological polar surface area (TPSA) is 74.6 Å². The molecular weight excluding hydrogens is 603 g/mol. The Morgan fingerprint density at radius 3 is 2.46 bits per heavy atom. The molecule has 0 amide bonds. The quantitative estimate of drug-likeness (QED) is 0.262. The summed E-state index contributed by atoms with van der Waals surface area (Å²) in [5.74, 6) is -1.73. The van der Waals surface area contributed by atoms with Gasteiger partial charge in [-0.2, -0.15) is 22.0 Å². The molecule has 240 valence electrons. The number of ketones is 1. The third kappa shape index (κ3) is 5.11. The molecule has 6 rings (SSSR count). The SMILES string of the molecule is C[C@]12C[C@H](c3ccc(C#C/C=C/c4cccc(C(=O)O)c4)cc3)C3=C4CCC(=O)C=C4CCC3C1CC[C@@]2(O)C(F)(F)C(F)(F)F. The average Bonchev–Trinajstić information content (AvgIpc) is 3.30. The summed E-state index contributed by atoms with van der Waals surface area (Å²) in [6, 6.07) is 13.6. The van der Waals surface area contributed by atoms with E-state index < -0.39 is 47.3 Å². The van der Waals surface area contributed by atoms with Crippen molar-refractivity contribution in [2.45, 2.75) is 75.5 Å². The highest BCUT2D eigenvalue weighted by atomic mass is 19.4. The molecule has 2 unspecified atom stereocenters. The van der Waals surface area contributed by atoms with E-state index in [4.69, 9.17) is 5.11 Å². The van der Waals surface area contributed by atoms with E-state index >= 15 is 8.78 Å². The van der Waals surface area contributed by atoms with Crippen molar-refractivity contribution >= 4 is 17.8 Å². The van der Waals surface area contributed by atoms with E-state index in [1.54, 1.807) is 42.5 Å². The third-order valence-corrected chi connectivity index (χ3v) is 10.8. The lowest BCUT2D eigenvalue weighted by Gasteiger charge is -2.56. The first-order valence-corrected chi connectivity index (χ1v) is 15.4. The molecule has 5 atom stereocenters. The van der Waals surface area contributed by atoms with E-state index in [2.05, 4.69) is 11.8 Å². The minimum atomic E-state index is -5.89. The van der Waals surface area contributed by atoms with Crippen molar-refractivity contribution in [2.75, 3.05) is 0 Å². The second kappa shape index (κ2) is 11.3. The van der Waals surface area contributed by atoms with Crippen LogP contribution in [0.1, 0.15) is 84.8 Å². The fourth-order valence-corrected chi connectivity index (χ4v) is 8.55. The van der Waals surface area contributed by atoms with E-state index in [0.717, 1.165) is 22.3 Å². The molecule has 0 aromatic heterocycles. The highest BCUT2D eigenvalue weighted by Gasteiger charge is 2.79. The number of halogens is 5. The van der Waals surface area contributed by atoms with Gasteiger partial charge in [-0.05, 0) is 115 Å². The van der Waals surface area contributed by atoms with E-state index in [1.807, 2.05) is 12.1 Å². The first-order chi connectivity index (χ1) is 21.7. The smallest absolute Gasteiger partial charge is 0.456 e. The summed E-state index contributed by atoms with van der Waals surface area (Å²) < 4.78 is 71.7. The number of allylic oxidation sites excluding steroid dienone is 5. The Morgan fingerprint density at radius 2 is 1.76 bits per heavy atom. The molecule has 0 bridgehead atoms. The number of benzene rings is 2. The van der Waals surface area contributed by atoms with Crippen LogP contribution in [0.15, 0.2) is 77.4 Å². The van der Waals surface area contributed by atoms with Gasteiger partial charge in [0.1, 0.15) is 5.60 Å². The third-order valence-electron chi connectivity index (χ3n) is 10.8. The molecule has 46 heavy (non-hydrogen) atoms. The summed E-state index contributed by atoms with van der Waals surface area (Å²) in [6.07, 6.45) is 0.267. The standard InChI is InChI=1S/C37H33F5O4/c1-34-21-30(24-11-9-22(10-12-24)5-2-3-6-23-7-4-8-26(19-23)33(44)45)32-28-16-14-27(43)20-25(28)13-15-29(32)31(34)17-18-35(34,46)36(38,39)37(40,41)42/h3-4,6-12,19-20,29-31,46H,13-18,21H2,1H3,(H,44,45)/b6-3+/t29?,30-,31?,34+,35+/m1/s1. The molecule has 2 saturated carbocycles. The van der Waals surface area contributed by atoms with Gasteiger partial charge in [-0.3, -0.25) is 4.79 Å². The number of carbonyl (C=O) groups excluding carboxylic acids is 1. The first-order valence-electron chi connectivity index (χ1n) is 15.4. The molecule has 2 aromatic carbocycles. The van der Waals surface area contributed by atoms with Crippen molar-refractivity contribution < 1.29 is 41.8 Å². The lowest BCUT2D eigenvalue weighted by molar-refractivity contribution is -0.362. The summed E-state index contributed by atoms with van der Waals surface area (Å²) in [7, 11) is 0. The molecule has 4 aliphatic rings. The van der Waals surface area contributed by atoms with Gasteiger partial charge >= 0.3 is 18.1 Å². The van der Waals surface area contributed by atoms with Crippen molar-refractivity contribution in [3.8, 4) is 11.8 Å². The summed E-state index contributed by atoms with van der Waals surface area (Å²) in [4.78, 5) is 23.5. The van der Waals surface area contributed by atoms with Crippen molar-refractivity contribution in [1.29, 1.82) is 0 Å². The van der Waals surface area contributed by atoms with Gasteiger partial charge in [-0.25, -0.2) is 4.79 Å². The van der Waals surface area contributed by atoms with Crippen LogP contribution in [0.3, 0.4) is 0 Å². The molecule has 9 heteroatoms. The van der Waals surface area contributed by atoms with E-state index in [0.29, 0.717) is 36.8 Å². The fraction of sp³-hybridized carbons (Fsp3) is 0.405. The minimum Gasteiger partial charge on any atom is -0.478 e. The fourth-order valence-electron chi connectivity index (χ4n) is 8.55. The Bertz CT molecular complexity index is 1740. The summed E-state index contributed by atoms with van der Waals surface area (Å²) >= 11 is 0. The van der Waals surface area contributed by atoms with Gasteiger partial charge in [-0.1, -0.05) is 48.6 Å². The van der Waals surface area contributed by atoms with Gasteiger partial charge in [0, 0.05) is 23.3 Å². The van der Waals surface area contributed by atoms with Crippen LogP contribution >= 0.6 is 0 Å². The van der Waals surface area contributed by atoms with Gasteiger partial charge in [0.25, 0.3) is 0 Å². The van der Waals surface area contributed by atoms with Crippen LogP contribution in [0.4, 0.5) is 22.0 Å². The van der Waals surface area contributed by atoms with Crippen LogP contribution in [-0.4, -0.2) is 39.7 Å². The highest BCUT2D eigenvalue weighted by molar-refractivity contribution is 5.93. The number of aromatic carboxylic acids is 1. The van der Waals surface area contributed by atoms with Crippen LogP contribution in [0.25, 0.3) is 6.08 Å². The Balaban J connectivity index is 1.36.